The van der Waals surface area contributed by atoms with Crippen LogP contribution in [-0.2, 0) is 16.1 Å². The molecule has 0 atom stereocenters. The maximum Gasteiger partial charge on any atom is 0.239 e. The Hall–Kier alpha value is -1.96. The zero-order valence-electron chi connectivity index (χ0n) is 13.6. The van der Waals surface area contributed by atoms with Crippen LogP contribution in [0.15, 0.2) is 47.1 Å². The summed E-state index contributed by atoms with van der Waals surface area (Å²) in [7, 11) is 1.70. The molecule has 0 fully saturated rings. The molecule has 2 aromatic rings. The van der Waals surface area contributed by atoms with E-state index in [-0.39, 0.29) is 24.9 Å². The van der Waals surface area contributed by atoms with Gasteiger partial charge in [-0.2, -0.15) is 0 Å². The minimum Gasteiger partial charge on any atom is -0.351 e. The number of rotatable bonds is 7. The first-order valence-corrected chi connectivity index (χ1v) is 8.70. The van der Waals surface area contributed by atoms with E-state index < -0.39 is 0 Å². The number of hydrogen-bond acceptors (Lipinski definition) is 4. The van der Waals surface area contributed by atoms with Crippen LogP contribution in [0.25, 0.3) is 0 Å². The third kappa shape index (κ3) is 7.21. The number of likely N-dealkylation sites (N-methyl/N-ethyl adjacent to an activating group) is 1. The van der Waals surface area contributed by atoms with Crippen molar-refractivity contribution >= 4 is 45.2 Å². The maximum atomic E-state index is 12.0. The molecule has 0 saturated carbocycles. The Balaban J connectivity index is 1.72. The Morgan fingerprint density at radius 2 is 1.80 bits per heavy atom. The molecular weight excluding hydrogens is 408 g/mol. The first-order chi connectivity index (χ1) is 11.9. The van der Waals surface area contributed by atoms with Gasteiger partial charge in [-0.05, 0) is 52.8 Å². The zero-order chi connectivity index (χ0) is 18.2. The van der Waals surface area contributed by atoms with Gasteiger partial charge in [0, 0.05) is 22.2 Å². The van der Waals surface area contributed by atoms with Crippen LogP contribution in [0.4, 0.5) is 5.82 Å². The smallest absolute Gasteiger partial charge is 0.239 e. The van der Waals surface area contributed by atoms with Crippen molar-refractivity contribution in [3.8, 4) is 0 Å². The molecule has 0 aliphatic carbocycles. The summed E-state index contributed by atoms with van der Waals surface area (Å²) in [5.41, 5.74) is 0.958. The Kier molecular flexibility index (Phi) is 7.36. The van der Waals surface area contributed by atoms with Gasteiger partial charge in [-0.25, -0.2) is 4.98 Å². The van der Waals surface area contributed by atoms with Crippen molar-refractivity contribution in [2.45, 2.75) is 6.54 Å². The molecule has 2 amide bonds. The molecule has 0 unspecified atom stereocenters. The van der Waals surface area contributed by atoms with E-state index in [1.165, 1.54) is 0 Å². The van der Waals surface area contributed by atoms with E-state index in [0.717, 1.165) is 10.0 Å². The number of amides is 2. The summed E-state index contributed by atoms with van der Waals surface area (Å²) in [5, 5.41) is 6.14. The number of carbonyl (C=O) groups is 2. The Bertz CT molecular complexity index is 722. The molecule has 2 rings (SSSR count). The molecule has 0 saturated heterocycles. The largest absolute Gasteiger partial charge is 0.351 e. The molecule has 6 nitrogen and oxygen atoms in total. The zero-order valence-corrected chi connectivity index (χ0v) is 16.0. The standard InChI is InChI=1S/C17H18BrClN4O2/c1-23(11-17(25)22-15-7-4-13(18)9-20-15)10-16(24)21-8-12-2-5-14(19)6-3-12/h2-7,9H,8,10-11H2,1H3,(H,21,24)(H,20,22,25). The van der Waals surface area contributed by atoms with E-state index in [9.17, 15) is 9.59 Å². The normalized spacial score (nSPS) is 10.6. The fourth-order valence-electron chi connectivity index (χ4n) is 2.04. The van der Waals surface area contributed by atoms with Gasteiger partial charge in [0.25, 0.3) is 0 Å². The number of carbonyl (C=O) groups excluding carboxylic acids is 2. The van der Waals surface area contributed by atoms with Crippen molar-refractivity contribution < 1.29 is 9.59 Å². The van der Waals surface area contributed by atoms with Crippen LogP contribution in [0.5, 0.6) is 0 Å². The molecule has 8 heteroatoms. The summed E-state index contributed by atoms with van der Waals surface area (Å²) in [6.45, 7) is 0.625. The van der Waals surface area contributed by atoms with Gasteiger partial charge in [0.2, 0.25) is 11.8 Å². The predicted octanol–water partition coefficient (Wildman–Crippen LogP) is 2.68. The third-order valence-electron chi connectivity index (χ3n) is 3.22. The van der Waals surface area contributed by atoms with Crippen LogP contribution in [-0.4, -0.2) is 41.8 Å². The summed E-state index contributed by atoms with van der Waals surface area (Å²) in [5.74, 6) is 0.0728. The van der Waals surface area contributed by atoms with E-state index in [1.807, 2.05) is 12.1 Å². The lowest BCUT2D eigenvalue weighted by atomic mass is 10.2. The first-order valence-electron chi connectivity index (χ1n) is 7.53. The summed E-state index contributed by atoms with van der Waals surface area (Å²) in [6, 6.07) is 10.7. The lowest BCUT2D eigenvalue weighted by Gasteiger charge is -2.16. The summed E-state index contributed by atoms with van der Waals surface area (Å²) >= 11 is 9.10. The highest BCUT2D eigenvalue weighted by Gasteiger charge is 2.11. The minimum absolute atomic E-state index is 0.0894. The first kappa shape index (κ1) is 19.4. The number of halogens is 2. The van der Waals surface area contributed by atoms with Crippen molar-refractivity contribution in [2.75, 3.05) is 25.5 Å². The highest BCUT2D eigenvalue weighted by Crippen LogP contribution is 2.10. The van der Waals surface area contributed by atoms with E-state index >= 15 is 0 Å². The maximum absolute atomic E-state index is 12.0. The van der Waals surface area contributed by atoms with Crippen LogP contribution in [0.3, 0.4) is 0 Å². The second-order valence-electron chi connectivity index (χ2n) is 5.49. The molecule has 1 aromatic heterocycles. The topological polar surface area (TPSA) is 74.3 Å². The molecule has 1 heterocycles. The summed E-state index contributed by atoms with van der Waals surface area (Å²) < 4.78 is 0.833. The Labute approximate surface area is 159 Å². The Morgan fingerprint density at radius 1 is 1.12 bits per heavy atom. The molecular formula is C17H18BrClN4O2. The average molecular weight is 426 g/mol. The van der Waals surface area contributed by atoms with E-state index in [1.54, 1.807) is 42.4 Å². The van der Waals surface area contributed by atoms with Gasteiger partial charge >= 0.3 is 0 Å². The second kappa shape index (κ2) is 9.50. The molecule has 0 spiro atoms. The lowest BCUT2D eigenvalue weighted by molar-refractivity contribution is -0.123. The average Bonchev–Trinajstić information content (AvgIpc) is 2.56. The van der Waals surface area contributed by atoms with Crippen LogP contribution in [0, 0.1) is 0 Å². The highest BCUT2D eigenvalue weighted by molar-refractivity contribution is 9.10. The van der Waals surface area contributed by atoms with Crippen molar-refractivity contribution in [3.63, 3.8) is 0 Å². The van der Waals surface area contributed by atoms with Gasteiger partial charge in [0.05, 0.1) is 13.1 Å². The van der Waals surface area contributed by atoms with Gasteiger partial charge in [-0.15, -0.1) is 0 Å². The van der Waals surface area contributed by atoms with Gasteiger partial charge in [0.15, 0.2) is 0 Å². The van der Waals surface area contributed by atoms with Gasteiger partial charge in [0.1, 0.15) is 5.82 Å². The van der Waals surface area contributed by atoms with Crippen LogP contribution >= 0.6 is 27.5 Å². The Morgan fingerprint density at radius 3 is 2.44 bits per heavy atom. The number of nitrogens with zero attached hydrogens (tertiary/aromatic N) is 2. The molecule has 2 N–H and O–H groups in total. The van der Waals surface area contributed by atoms with Gasteiger partial charge < -0.3 is 10.6 Å². The van der Waals surface area contributed by atoms with Gasteiger partial charge in [-0.1, -0.05) is 23.7 Å². The summed E-state index contributed by atoms with van der Waals surface area (Å²) in [6.07, 6.45) is 1.60. The molecule has 25 heavy (non-hydrogen) atoms. The van der Waals surface area contributed by atoms with Crippen molar-refractivity contribution in [2.24, 2.45) is 0 Å². The number of anilines is 1. The predicted molar refractivity (Wildman–Crippen MR) is 101 cm³/mol. The minimum atomic E-state index is -0.233. The molecule has 1 aromatic carbocycles. The van der Waals surface area contributed by atoms with E-state index in [2.05, 4.69) is 31.5 Å². The number of hydrogen-bond donors (Lipinski definition) is 2. The second-order valence-corrected chi connectivity index (χ2v) is 6.84. The molecule has 0 aliphatic heterocycles. The molecule has 0 bridgehead atoms. The van der Waals surface area contributed by atoms with E-state index in [0.29, 0.717) is 17.4 Å². The van der Waals surface area contributed by atoms with Crippen LogP contribution in [0.2, 0.25) is 5.02 Å². The lowest BCUT2D eigenvalue weighted by Crippen LogP contribution is -2.38. The van der Waals surface area contributed by atoms with Crippen molar-refractivity contribution in [1.82, 2.24) is 15.2 Å². The summed E-state index contributed by atoms with van der Waals surface area (Å²) in [4.78, 5) is 29.6. The number of aromatic nitrogens is 1. The number of benzene rings is 1. The van der Waals surface area contributed by atoms with E-state index in [4.69, 9.17) is 11.6 Å². The fraction of sp³-hybridized carbons (Fsp3) is 0.235. The third-order valence-corrected chi connectivity index (χ3v) is 3.95. The number of pyridine rings is 1. The van der Waals surface area contributed by atoms with Crippen LogP contribution < -0.4 is 10.6 Å². The van der Waals surface area contributed by atoms with Crippen molar-refractivity contribution in [1.29, 1.82) is 0 Å². The molecule has 132 valence electrons. The van der Waals surface area contributed by atoms with Crippen LogP contribution in [0.1, 0.15) is 5.56 Å². The fourth-order valence-corrected chi connectivity index (χ4v) is 2.40. The number of nitrogens with one attached hydrogen (secondary N) is 2. The quantitative estimate of drug-likeness (QED) is 0.715. The highest BCUT2D eigenvalue weighted by atomic mass is 79.9. The SMILES string of the molecule is CN(CC(=O)NCc1ccc(Cl)cc1)CC(=O)Nc1ccc(Br)cn1. The monoisotopic (exact) mass is 424 g/mol. The molecule has 0 radical (unpaired) electrons. The van der Waals surface area contributed by atoms with Crippen molar-refractivity contribution in [3.05, 3.63) is 57.7 Å². The van der Waals surface area contributed by atoms with Gasteiger partial charge in [-0.3, -0.25) is 14.5 Å². The molecule has 0 aliphatic rings.